The molecule has 0 spiro atoms. The lowest BCUT2D eigenvalue weighted by Crippen LogP contribution is -2.49. The van der Waals surface area contributed by atoms with Crippen LogP contribution in [0.15, 0.2) is 30.6 Å². The molecule has 1 aliphatic rings. The fourth-order valence-corrected chi connectivity index (χ4v) is 4.30. The molecule has 5 rings (SSSR count). The number of aromatic hydroxyl groups is 1. The molecule has 1 aromatic carbocycles. The largest absolute Gasteiger partial charge is 0.507 e. The van der Waals surface area contributed by atoms with E-state index in [4.69, 9.17) is 4.98 Å². The van der Waals surface area contributed by atoms with Crippen LogP contribution in [0.3, 0.4) is 0 Å². The molecule has 8 heteroatoms. The number of nitriles is 1. The molecule has 156 valence electrons. The van der Waals surface area contributed by atoms with Crippen LogP contribution in [-0.2, 0) is 7.05 Å². The van der Waals surface area contributed by atoms with Gasteiger partial charge in [0.1, 0.15) is 5.75 Å². The molecule has 8 nitrogen and oxygen atoms in total. The van der Waals surface area contributed by atoms with Crippen LogP contribution < -0.4 is 10.2 Å². The quantitative estimate of drug-likeness (QED) is 0.521. The minimum atomic E-state index is 0.119. The van der Waals surface area contributed by atoms with E-state index in [1.807, 2.05) is 38.5 Å². The number of phenolic OH excluding ortho intramolecular Hbond substituents is 1. The van der Waals surface area contributed by atoms with E-state index >= 15 is 0 Å². The van der Waals surface area contributed by atoms with E-state index in [0.29, 0.717) is 39.5 Å². The molecule has 4 heterocycles. The topological polar surface area (TPSA) is 103 Å². The maximum Gasteiger partial charge on any atom is 0.161 e. The van der Waals surface area contributed by atoms with Crippen molar-refractivity contribution >= 4 is 27.6 Å². The lowest BCUT2D eigenvalue weighted by molar-refractivity contribution is 0.474. The number of phenols is 1. The van der Waals surface area contributed by atoms with Gasteiger partial charge in [0.15, 0.2) is 5.65 Å². The second-order valence-corrected chi connectivity index (χ2v) is 8.17. The summed E-state index contributed by atoms with van der Waals surface area (Å²) in [5.41, 5.74) is 4.49. The van der Waals surface area contributed by atoms with E-state index in [-0.39, 0.29) is 5.75 Å². The predicted molar refractivity (Wildman–Crippen MR) is 120 cm³/mol. The Kier molecular flexibility index (Phi) is 4.49. The second-order valence-electron chi connectivity index (χ2n) is 8.17. The monoisotopic (exact) mass is 413 g/mol. The Morgan fingerprint density at radius 3 is 2.90 bits per heavy atom. The van der Waals surface area contributed by atoms with Crippen molar-refractivity contribution in [3.8, 4) is 23.1 Å². The van der Waals surface area contributed by atoms with Crippen molar-refractivity contribution < 1.29 is 5.11 Å². The molecule has 0 bridgehead atoms. The Bertz CT molecular complexity index is 1370. The Morgan fingerprint density at radius 1 is 1.29 bits per heavy atom. The van der Waals surface area contributed by atoms with Gasteiger partial charge in [-0.1, -0.05) is 0 Å². The molecule has 31 heavy (non-hydrogen) atoms. The van der Waals surface area contributed by atoms with Crippen molar-refractivity contribution in [2.24, 2.45) is 7.05 Å². The van der Waals surface area contributed by atoms with E-state index < -0.39 is 0 Å². The molecule has 0 aliphatic carbocycles. The third kappa shape index (κ3) is 3.23. The average Bonchev–Trinajstić information content (AvgIpc) is 3.15. The number of hydrogen-bond acceptors (Lipinski definition) is 7. The molecule has 0 unspecified atom stereocenters. The molecule has 1 aliphatic heterocycles. The van der Waals surface area contributed by atoms with E-state index in [9.17, 15) is 10.4 Å². The highest BCUT2D eigenvalue weighted by molar-refractivity contribution is 5.93. The average molecular weight is 413 g/mol. The lowest BCUT2D eigenvalue weighted by atomic mass is 10.0. The van der Waals surface area contributed by atoms with Crippen LogP contribution in [0, 0.1) is 18.3 Å². The molecular formula is C23H23N7O. The van der Waals surface area contributed by atoms with Gasteiger partial charge in [-0.25, -0.2) is 9.97 Å². The molecule has 0 saturated carbocycles. The zero-order valence-electron chi connectivity index (χ0n) is 17.7. The number of anilines is 1. The first-order valence-corrected chi connectivity index (χ1v) is 10.3. The zero-order chi connectivity index (χ0) is 21.7. The number of hydrogen-bond donors (Lipinski definition) is 2. The molecule has 1 saturated heterocycles. The number of benzene rings is 1. The van der Waals surface area contributed by atoms with Gasteiger partial charge >= 0.3 is 0 Å². The van der Waals surface area contributed by atoms with E-state index in [2.05, 4.69) is 33.3 Å². The van der Waals surface area contributed by atoms with E-state index in [0.717, 1.165) is 36.2 Å². The highest BCUT2D eigenvalue weighted by Crippen LogP contribution is 2.37. The minimum absolute atomic E-state index is 0.119. The van der Waals surface area contributed by atoms with Crippen molar-refractivity contribution in [2.75, 3.05) is 24.5 Å². The fourth-order valence-electron chi connectivity index (χ4n) is 4.30. The van der Waals surface area contributed by atoms with Crippen LogP contribution in [0.4, 0.5) is 5.69 Å². The number of nitrogens with one attached hydrogen (secondary N) is 1. The first-order valence-electron chi connectivity index (χ1n) is 10.3. The maximum absolute atomic E-state index is 10.8. The van der Waals surface area contributed by atoms with Crippen LogP contribution in [0.5, 0.6) is 5.75 Å². The number of nitrogens with zero attached hydrogens (tertiary/aromatic N) is 6. The third-order valence-electron chi connectivity index (χ3n) is 5.90. The highest BCUT2D eigenvalue weighted by atomic mass is 16.3. The number of rotatable bonds is 2. The molecule has 1 fully saturated rings. The summed E-state index contributed by atoms with van der Waals surface area (Å²) in [6.07, 6.45) is 3.71. The van der Waals surface area contributed by atoms with Gasteiger partial charge in [0, 0.05) is 60.8 Å². The number of aryl methyl sites for hydroxylation is 2. The normalized spacial score (nSPS) is 16.7. The first-order chi connectivity index (χ1) is 14.9. The molecule has 4 aromatic rings. The van der Waals surface area contributed by atoms with Crippen LogP contribution in [-0.4, -0.2) is 50.5 Å². The minimum Gasteiger partial charge on any atom is -0.507 e. The highest BCUT2D eigenvalue weighted by Gasteiger charge is 2.19. The summed E-state index contributed by atoms with van der Waals surface area (Å²) < 4.78 is 1.72. The molecule has 2 N–H and O–H groups in total. The summed E-state index contributed by atoms with van der Waals surface area (Å²) >= 11 is 0. The van der Waals surface area contributed by atoms with Crippen molar-refractivity contribution in [1.82, 2.24) is 25.1 Å². The van der Waals surface area contributed by atoms with Crippen LogP contribution >= 0.6 is 0 Å². The zero-order valence-corrected chi connectivity index (χ0v) is 17.7. The summed E-state index contributed by atoms with van der Waals surface area (Å²) in [7, 11) is 1.85. The van der Waals surface area contributed by atoms with E-state index in [1.165, 1.54) is 0 Å². The second kappa shape index (κ2) is 7.22. The van der Waals surface area contributed by atoms with Crippen molar-refractivity contribution in [3.05, 3.63) is 41.7 Å². The van der Waals surface area contributed by atoms with Gasteiger partial charge in [-0.15, -0.1) is 0 Å². The van der Waals surface area contributed by atoms with Gasteiger partial charge in [-0.3, -0.25) is 4.68 Å². The summed E-state index contributed by atoms with van der Waals surface area (Å²) in [4.78, 5) is 11.5. The van der Waals surface area contributed by atoms with Crippen LogP contribution in [0.1, 0.15) is 18.1 Å². The van der Waals surface area contributed by atoms with Gasteiger partial charge in [0.25, 0.3) is 0 Å². The Morgan fingerprint density at radius 2 is 2.13 bits per heavy atom. The standard InChI is InChI=1S/C23H23N7O/c1-13-11-30(5-4-25-13)17-8-18-15(9-24)7-20(27-23(18)26-10-17)19-6-16-12-29(3)28-21(16)14(2)22(19)31/h6-8,10,12-13,25,31H,4-5,11H2,1-3H3/t13-/m0/s1. The van der Waals surface area contributed by atoms with Gasteiger partial charge in [0.2, 0.25) is 0 Å². The number of pyridine rings is 2. The lowest BCUT2D eigenvalue weighted by Gasteiger charge is -2.33. The molecule has 1 atom stereocenters. The van der Waals surface area contributed by atoms with Crippen molar-refractivity contribution in [1.29, 1.82) is 5.26 Å². The number of aromatic nitrogens is 4. The van der Waals surface area contributed by atoms with Gasteiger partial charge in [-0.2, -0.15) is 10.4 Å². The summed E-state index contributed by atoms with van der Waals surface area (Å²) in [6, 6.07) is 8.26. The van der Waals surface area contributed by atoms with Crippen LogP contribution in [0.25, 0.3) is 33.2 Å². The van der Waals surface area contributed by atoms with E-state index in [1.54, 1.807) is 10.7 Å². The van der Waals surface area contributed by atoms with Crippen molar-refractivity contribution in [2.45, 2.75) is 19.9 Å². The molecular weight excluding hydrogens is 390 g/mol. The third-order valence-corrected chi connectivity index (χ3v) is 5.90. The summed E-state index contributed by atoms with van der Waals surface area (Å²) in [5.74, 6) is 0.119. The van der Waals surface area contributed by atoms with Crippen LogP contribution in [0.2, 0.25) is 0 Å². The Balaban J connectivity index is 1.65. The molecule has 3 aromatic heterocycles. The predicted octanol–water partition coefficient (Wildman–Crippen LogP) is 2.87. The Labute approximate surface area is 179 Å². The Hall–Kier alpha value is -3.70. The number of fused-ring (bicyclic) bond motifs is 2. The molecule has 0 radical (unpaired) electrons. The van der Waals surface area contributed by atoms with Crippen molar-refractivity contribution in [3.63, 3.8) is 0 Å². The SMILES string of the molecule is Cc1c(O)c(-c2cc(C#N)c3cc(N4CCN[C@@H](C)C4)cnc3n2)cc2cn(C)nc12. The van der Waals surface area contributed by atoms with Gasteiger partial charge in [0.05, 0.1) is 34.7 Å². The fraction of sp³-hybridized carbons (Fsp3) is 0.304. The molecule has 0 amide bonds. The first kappa shape index (κ1) is 19.3. The summed E-state index contributed by atoms with van der Waals surface area (Å²) in [6.45, 7) is 6.68. The summed E-state index contributed by atoms with van der Waals surface area (Å²) in [5, 5.41) is 30.1. The van der Waals surface area contributed by atoms with Gasteiger partial charge in [-0.05, 0) is 32.0 Å². The smallest absolute Gasteiger partial charge is 0.161 e. The maximum atomic E-state index is 10.8. The number of piperazine rings is 1. The van der Waals surface area contributed by atoms with Gasteiger partial charge < -0.3 is 15.3 Å².